The Morgan fingerprint density at radius 2 is 1.90 bits per heavy atom. The number of aryl methyl sites for hydroxylation is 1. The van der Waals surface area contributed by atoms with Crippen molar-refractivity contribution in [3.63, 3.8) is 0 Å². The van der Waals surface area contributed by atoms with Gasteiger partial charge in [0.2, 0.25) is 0 Å². The molecule has 0 aliphatic rings. The highest BCUT2D eigenvalue weighted by molar-refractivity contribution is 5.48. The summed E-state index contributed by atoms with van der Waals surface area (Å²) in [6.45, 7) is 1.95. The fourth-order valence-electron chi connectivity index (χ4n) is 2.28. The number of nitrogens with one attached hydrogen (secondary N) is 1. The van der Waals surface area contributed by atoms with Gasteiger partial charge in [-0.15, -0.1) is 0 Å². The second-order valence-corrected chi connectivity index (χ2v) is 5.04. The third-order valence-electron chi connectivity index (χ3n) is 3.38. The van der Waals surface area contributed by atoms with Crippen LogP contribution >= 0.6 is 0 Å². The van der Waals surface area contributed by atoms with Crippen LogP contribution in [-0.2, 0) is 6.42 Å². The maximum Gasteiger partial charge on any atom is 0.164 e. The first-order chi connectivity index (χ1) is 10.1. The number of aliphatic hydroxyl groups excluding tert-OH is 1. The van der Waals surface area contributed by atoms with Crippen molar-refractivity contribution in [2.75, 3.05) is 11.9 Å². The maximum absolute atomic E-state index is 13.8. The standard InChI is InChI=1S/C17H19F2NO/c1-12(15-8-3-9-16(18)17(15)19)20-14-7-2-5-13(11-14)6-4-10-21/h2-3,5,7-9,11-12,20-21H,4,6,10H2,1H3. The normalized spacial score (nSPS) is 12.2. The van der Waals surface area contributed by atoms with Crippen molar-refractivity contribution in [3.05, 3.63) is 65.2 Å². The lowest BCUT2D eigenvalue weighted by Gasteiger charge is -2.17. The topological polar surface area (TPSA) is 32.3 Å². The summed E-state index contributed by atoms with van der Waals surface area (Å²) >= 11 is 0. The average Bonchev–Trinajstić information content (AvgIpc) is 2.48. The van der Waals surface area contributed by atoms with E-state index < -0.39 is 11.6 Å². The van der Waals surface area contributed by atoms with E-state index in [0.717, 1.165) is 23.7 Å². The molecule has 0 amide bonds. The van der Waals surface area contributed by atoms with Crippen LogP contribution in [0.1, 0.15) is 30.5 Å². The number of hydrogen-bond donors (Lipinski definition) is 2. The number of hydrogen-bond acceptors (Lipinski definition) is 2. The van der Waals surface area contributed by atoms with Crippen LogP contribution in [0.5, 0.6) is 0 Å². The number of aliphatic hydroxyl groups is 1. The zero-order chi connectivity index (χ0) is 15.2. The Balaban J connectivity index is 2.12. The van der Waals surface area contributed by atoms with Crippen molar-refractivity contribution >= 4 is 5.69 Å². The number of benzene rings is 2. The third kappa shape index (κ3) is 4.02. The van der Waals surface area contributed by atoms with Gasteiger partial charge in [0.15, 0.2) is 11.6 Å². The lowest BCUT2D eigenvalue weighted by molar-refractivity contribution is 0.288. The predicted molar refractivity (Wildman–Crippen MR) is 80.2 cm³/mol. The Labute approximate surface area is 123 Å². The summed E-state index contributed by atoms with van der Waals surface area (Å²) < 4.78 is 27.0. The number of anilines is 1. The molecule has 2 aromatic rings. The maximum atomic E-state index is 13.8. The van der Waals surface area contributed by atoms with Gasteiger partial charge in [0, 0.05) is 17.9 Å². The number of halogens is 2. The number of rotatable bonds is 6. The van der Waals surface area contributed by atoms with Gasteiger partial charge in [-0.1, -0.05) is 24.3 Å². The van der Waals surface area contributed by atoms with Gasteiger partial charge in [-0.25, -0.2) is 8.78 Å². The highest BCUT2D eigenvalue weighted by Gasteiger charge is 2.14. The molecule has 0 aliphatic heterocycles. The second kappa shape index (κ2) is 7.18. The van der Waals surface area contributed by atoms with Gasteiger partial charge in [0.05, 0.1) is 6.04 Å². The van der Waals surface area contributed by atoms with E-state index in [1.165, 1.54) is 6.07 Å². The average molecular weight is 291 g/mol. The molecule has 2 rings (SSSR count). The Morgan fingerprint density at radius 1 is 1.14 bits per heavy atom. The van der Waals surface area contributed by atoms with E-state index in [4.69, 9.17) is 5.11 Å². The van der Waals surface area contributed by atoms with Gasteiger partial charge in [0.25, 0.3) is 0 Å². The van der Waals surface area contributed by atoms with Crippen molar-refractivity contribution < 1.29 is 13.9 Å². The summed E-state index contributed by atoms with van der Waals surface area (Å²) in [7, 11) is 0. The van der Waals surface area contributed by atoms with Gasteiger partial charge in [-0.3, -0.25) is 0 Å². The molecule has 21 heavy (non-hydrogen) atoms. The minimum atomic E-state index is -0.835. The van der Waals surface area contributed by atoms with Gasteiger partial charge in [-0.2, -0.15) is 0 Å². The fraction of sp³-hybridized carbons (Fsp3) is 0.294. The minimum absolute atomic E-state index is 0.155. The lowest BCUT2D eigenvalue weighted by atomic mass is 10.1. The van der Waals surface area contributed by atoms with Crippen LogP contribution in [-0.4, -0.2) is 11.7 Å². The van der Waals surface area contributed by atoms with E-state index in [1.54, 1.807) is 13.0 Å². The summed E-state index contributed by atoms with van der Waals surface area (Å²) in [5.74, 6) is -1.65. The van der Waals surface area contributed by atoms with Crippen LogP contribution in [0.2, 0.25) is 0 Å². The molecule has 0 aromatic heterocycles. The molecule has 0 heterocycles. The van der Waals surface area contributed by atoms with E-state index in [2.05, 4.69) is 5.32 Å². The van der Waals surface area contributed by atoms with Crippen LogP contribution in [0.4, 0.5) is 14.5 Å². The van der Waals surface area contributed by atoms with Crippen molar-refractivity contribution in [2.45, 2.75) is 25.8 Å². The fourth-order valence-corrected chi connectivity index (χ4v) is 2.28. The smallest absolute Gasteiger partial charge is 0.164 e. The van der Waals surface area contributed by atoms with Crippen molar-refractivity contribution in [3.8, 4) is 0 Å². The molecule has 0 saturated heterocycles. The van der Waals surface area contributed by atoms with E-state index in [1.807, 2.05) is 24.3 Å². The Kier molecular flexibility index (Phi) is 5.28. The molecular weight excluding hydrogens is 272 g/mol. The summed E-state index contributed by atoms with van der Waals surface area (Å²) in [6, 6.07) is 11.6. The molecule has 4 heteroatoms. The molecule has 0 spiro atoms. The molecular formula is C17H19F2NO. The van der Waals surface area contributed by atoms with E-state index in [9.17, 15) is 8.78 Å². The van der Waals surface area contributed by atoms with Crippen LogP contribution in [0, 0.1) is 11.6 Å². The molecule has 0 saturated carbocycles. The van der Waals surface area contributed by atoms with Gasteiger partial charge in [-0.05, 0) is 43.5 Å². The van der Waals surface area contributed by atoms with Crippen LogP contribution in [0.15, 0.2) is 42.5 Å². The molecule has 0 radical (unpaired) electrons. The predicted octanol–water partition coefficient (Wildman–Crippen LogP) is 4.06. The quantitative estimate of drug-likeness (QED) is 0.841. The van der Waals surface area contributed by atoms with E-state index in [0.29, 0.717) is 12.0 Å². The lowest BCUT2D eigenvalue weighted by Crippen LogP contribution is -2.09. The van der Waals surface area contributed by atoms with Gasteiger partial charge in [0.1, 0.15) is 0 Å². The van der Waals surface area contributed by atoms with Crippen molar-refractivity contribution in [1.82, 2.24) is 0 Å². The Bertz CT molecular complexity index is 601. The van der Waals surface area contributed by atoms with Gasteiger partial charge < -0.3 is 10.4 Å². The van der Waals surface area contributed by atoms with Crippen molar-refractivity contribution in [2.24, 2.45) is 0 Å². The highest BCUT2D eigenvalue weighted by atomic mass is 19.2. The SMILES string of the molecule is CC(Nc1cccc(CCCO)c1)c1cccc(F)c1F. The first-order valence-corrected chi connectivity index (χ1v) is 7.02. The molecule has 112 valence electrons. The van der Waals surface area contributed by atoms with Crippen LogP contribution in [0.25, 0.3) is 0 Å². The van der Waals surface area contributed by atoms with Gasteiger partial charge >= 0.3 is 0 Å². The molecule has 0 bridgehead atoms. The van der Waals surface area contributed by atoms with Crippen LogP contribution in [0.3, 0.4) is 0 Å². The second-order valence-electron chi connectivity index (χ2n) is 5.04. The Morgan fingerprint density at radius 3 is 2.67 bits per heavy atom. The summed E-state index contributed by atoms with van der Waals surface area (Å²) in [5, 5.41) is 12.0. The molecule has 2 nitrogen and oxygen atoms in total. The summed E-state index contributed by atoms with van der Waals surface area (Å²) in [5.41, 5.74) is 2.25. The third-order valence-corrected chi connectivity index (χ3v) is 3.38. The molecule has 0 fully saturated rings. The monoisotopic (exact) mass is 291 g/mol. The zero-order valence-corrected chi connectivity index (χ0v) is 11.9. The first-order valence-electron chi connectivity index (χ1n) is 7.02. The van der Waals surface area contributed by atoms with Crippen molar-refractivity contribution in [1.29, 1.82) is 0 Å². The van der Waals surface area contributed by atoms with Crippen LogP contribution < -0.4 is 5.32 Å². The summed E-state index contributed by atoms with van der Waals surface area (Å²) in [6.07, 6.45) is 1.49. The molecule has 1 atom stereocenters. The molecule has 1 unspecified atom stereocenters. The largest absolute Gasteiger partial charge is 0.396 e. The molecule has 2 aromatic carbocycles. The molecule has 2 N–H and O–H groups in total. The summed E-state index contributed by atoms with van der Waals surface area (Å²) in [4.78, 5) is 0. The van der Waals surface area contributed by atoms with E-state index >= 15 is 0 Å². The zero-order valence-electron chi connectivity index (χ0n) is 11.9. The first kappa shape index (κ1) is 15.4. The molecule has 0 aliphatic carbocycles. The minimum Gasteiger partial charge on any atom is -0.396 e. The highest BCUT2D eigenvalue weighted by Crippen LogP contribution is 2.23. The van der Waals surface area contributed by atoms with E-state index in [-0.39, 0.29) is 12.6 Å². The Hall–Kier alpha value is -1.94.